The highest BCUT2D eigenvalue weighted by molar-refractivity contribution is 9.10. The average molecular weight is 246 g/mol. The first-order valence-electron chi connectivity index (χ1n) is 3.35. The number of hydroxylamine groups is 1. The van der Waals surface area contributed by atoms with Gasteiger partial charge in [-0.1, -0.05) is 15.9 Å². The lowest BCUT2D eigenvalue weighted by Gasteiger charge is -2.09. The highest BCUT2D eigenvalue weighted by Gasteiger charge is 2.13. The van der Waals surface area contributed by atoms with Crippen molar-refractivity contribution < 1.29 is 10.0 Å². The maximum atomic E-state index is 11.2. The highest BCUT2D eigenvalue weighted by atomic mass is 79.9. The van der Waals surface area contributed by atoms with Crippen LogP contribution in [0.5, 0.6) is 0 Å². The Labute approximate surface area is 83.0 Å². The zero-order chi connectivity index (χ0) is 10.0. The minimum absolute atomic E-state index is 0.00185. The lowest BCUT2D eigenvalue weighted by atomic mass is 10.2. The van der Waals surface area contributed by atoms with Crippen LogP contribution in [0.2, 0.25) is 0 Å². The van der Waals surface area contributed by atoms with Gasteiger partial charge in [-0.25, -0.2) is 5.84 Å². The van der Waals surface area contributed by atoms with Gasteiger partial charge in [0.2, 0.25) is 0 Å². The zero-order valence-electron chi connectivity index (χ0n) is 6.57. The molecule has 5 nitrogen and oxygen atoms in total. The van der Waals surface area contributed by atoms with Crippen molar-refractivity contribution >= 4 is 27.5 Å². The fourth-order valence-electron chi connectivity index (χ4n) is 0.837. The fourth-order valence-corrected chi connectivity index (χ4v) is 1.20. The van der Waals surface area contributed by atoms with Gasteiger partial charge in [0.1, 0.15) is 0 Å². The van der Waals surface area contributed by atoms with Crippen molar-refractivity contribution in [1.29, 1.82) is 0 Å². The maximum absolute atomic E-state index is 11.2. The summed E-state index contributed by atoms with van der Waals surface area (Å²) in [5, 5.41) is 8.68. The number of carbonyl (C=O) groups excluding carboxylic acids is 1. The first-order chi connectivity index (χ1) is 6.02. The molecule has 0 atom stereocenters. The van der Waals surface area contributed by atoms with Crippen LogP contribution in [0.1, 0.15) is 10.4 Å². The number of rotatable bonds is 1. The molecule has 70 valence electrons. The quantitative estimate of drug-likeness (QED) is 0.224. The van der Waals surface area contributed by atoms with Gasteiger partial charge in [0.05, 0.1) is 5.56 Å². The van der Waals surface area contributed by atoms with Crippen molar-refractivity contribution in [2.45, 2.75) is 0 Å². The third-order valence-electron chi connectivity index (χ3n) is 1.45. The number of nitrogens with zero attached hydrogens (tertiary/aromatic N) is 1. The molecule has 5 N–H and O–H groups in total. The van der Waals surface area contributed by atoms with E-state index < -0.39 is 5.91 Å². The van der Waals surface area contributed by atoms with Crippen molar-refractivity contribution in [3.05, 3.63) is 28.2 Å². The summed E-state index contributed by atoms with van der Waals surface area (Å²) in [6, 6.07) is 4.71. The molecule has 6 heteroatoms. The predicted octanol–water partition coefficient (Wildman–Crippen LogP) is 0.736. The van der Waals surface area contributed by atoms with E-state index in [0.29, 0.717) is 4.47 Å². The number of amides is 1. The van der Waals surface area contributed by atoms with Gasteiger partial charge in [-0.2, -0.15) is 0 Å². The normalized spacial score (nSPS) is 9.77. The van der Waals surface area contributed by atoms with Crippen molar-refractivity contribution in [1.82, 2.24) is 5.17 Å². The Morgan fingerprint density at radius 3 is 2.69 bits per heavy atom. The summed E-state index contributed by atoms with van der Waals surface area (Å²) in [5.41, 5.74) is 5.91. The molecule has 0 unspecified atom stereocenters. The molecule has 0 aliphatic carbocycles. The fraction of sp³-hybridized carbons (Fsp3) is 0. The summed E-state index contributed by atoms with van der Waals surface area (Å²) in [6.07, 6.45) is 0. The van der Waals surface area contributed by atoms with Crippen molar-refractivity contribution in [3.8, 4) is 0 Å². The number of hydrazine groups is 1. The van der Waals surface area contributed by atoms with Crippen LogP contribution < -0.4 is 11.6 Å². The average Bonchev–Trinajstić information content (AvgIpc) is 2.08. The van der Waals surface area contributed by atoms with Crippen LogP contribution >= 0.6 is 15.9 Å². The molecule has 0 saturated carbocycles. The minimum Gasteiger partial charge on any atom is -0.398 e. The van der Waals surface area contributed by atoms with Gasteiger partial charge in [-0.3, -0.25) is 10.0 Å². The van der Waals surface area contributed by atoms with E-state index in [4.69, 9.17) is 16.8 Å². The van der Waals surface area contributed by atoms with Crippen LogP contribution in [0.15, 0.2) is 22.7 Å². The first kappa shape index (κ1) is 9.97. The van der Waals surface area contributed by atoms with Gasteiger partial charge in [-0.15, -0.1) is 5.17 Å². The van der Waals surface area contributed by atoms with Gasteiger partial charge in [-0.05, 0) is 18.2 Å². The molecule has 0 fully saturated rings. The second-order valence-corrected chi connectivity index (χ2v) is 3.30. The van der Waals surface area contributed by atoms with Crippen LogP contribution in [0, 0.1) is 0 Å². The molecular weight excluding hydrogens is 238 g/mol. The van der Waals surface area contributed by atoms with Gasteiger partial charge >= 0.3 is 0 Å². The molecule has 0 radical (unpaired) electrons. The van der Waals surface area contributed by atoms with Crippen molar-refractivity contribution in [2.24, 2.45) is 5.84 Å². The van der Waals surface area contributed by atoms with E-state index in [1.54, 1.807) is 12.1 Å². The Hall–Kier alpha value is -1.11. The molecule has 13 heavy (non-hydrogen) atoms. The molecule has 1 rings (SSSR count). The Balaban J connectivity index is 3.13. The monoisotopic (exact) mass is 245 g/mol. The summed E-state index contributed by atoms with van der Waals surface area (Å²) in [4.78, 5) is 11.2. The van der Waals surface area contributed by atoms with Crippen molar-refractivity contribution in [2.75, 3.05) is 5.73 Å². The molecule has 0 spiro atoms. The van der Waals surface area contributed by atoms with Crippen LogP contribution in [-0.2, 0) is 0 Å². The number of nitrogens with two attached hydrogens (primary N) is 2. The molecule has 0 saturated heterocycles. The van der Waals surface area contributed by atoms with Crippen LogP contribution in [0.3, 0.4) is 0 Å². The minimum atomic E-state index is -0.751. The first-order valence-corrected chi connectivity index (χ1v) is 4.14. The van der Waals surface area contributed by atoms with Crippen LogP contribution in [0.25, 0.3) is 0 Å². The summed E-state index contributed by atoms with van der Waals surface area (Å²) in [6.45, 7) is 0. The van der Waals surface area contributed by atoms with Gasteiger partial charge < -0.3 is 5.73 Å². The van der Waals surface area contributed by atoms with Crippen LogP contribution in [-0.4, -0.2) is 16.3 Å². The third kappa shape index (κ3) is 2.18. The van der Waals surface area contributed by atoms with E-state index in [1.165, 1.54) is 6.07 Å². The van der Waals surface area contributed by atoms with E-state index in [-0.39, 0.29) is 16.4 Å². The zero-order valence-corrected chi connectivity index (χ0v) is 8.15. The lowest BCUT2D eigenvalue weighted by molar-refractivity contribution is -0.0594. The Morgan fingerprint density at radius 2 is 2.15 bits per heavy atom. The topological polar surface area (TPSA) is 92.6 Å². The summed E-state index contributed by atoms with van der Waals surface area (Å²) in [7, 11) is 0. The number of hydrogen-bond acceptors (Lipinski definition) is 4. The smallest absolute Gasteiger partial charge is 0.294 e. The number of carbonyl (C=O) groups is 1. The molecule has 0 heterocycles. The van der Waals surface area contributed by atoms with Gasteiger partial charge in [0.25, 0.3) is 5.91 Å². The summed E-state index contributed by atoms with van der Waals surface area (Å²) >= 11 is 3.16. The highest BCUT2D eigenvalue weighted by Crippen LogP contribution is 2.18. The second-order valence-electron chi connectivity index (χ2n) is 2.38. The number of anilines is 1. The number of benzene rings is 1. The molecule has 1 aromatic rings. The van der Waals surface area contributed by atoms with E-state index >= 15 is 0 Å². The summed E-state index contributed by atoms with van der Waals surface area (Å²) in [5.74, 6) is 4.10. The number of halogens is 1. The maximum Gasteiger partial charge on any atom is 0.294 e. The second kappa shape index (κ2) is 3.73. The number of hydrogen-bond donors (Lipinski definition) is 3. The predicted molar refractivity (Wildman–Crippen MR) is 50.7 cm³/mol. The van der Waals surface area contributed by atoms with E-state index in [0.717, 1.165) is 0 Å². The van der Waals surface area contributed by atoms with Gasteiger partial charge in [0, 0.05) is 10.2 Å². The van der Waals surface area contributed by atoms with Gasteiger partial charge in [0.15, 0.2) is 0 Å². The standard InChI is InChI=1S/C7H8BrN3O2/c8-4-1-2-6(9)5(3-4)7(12)11(10)13/h1-3,13H,9-10H2. The molecular formula is C7H8BrN3O2. The van der Waals surface area contributed by atoms with E-state index in [2.05, 4.69) is 15.9 Å². The third-order valence-corrected chi connectivity index (χ3v) is 1.95. The molecule has 0 aromatic heterocycles. The Morgan fingerprint density at radius 1 is 1.54 bits per heavy atom. The van der Waals surface area contributed by atoms with Crippen LogP contribution in [0.4, 0.5) is 5.69 Å². The lowest BCUT2D eigenvalue weighted by Crippen LogP contribution is -2.34. The SMILES string of the molecule is Nc1ccc(Br)cc1C(=O)N(N)O. The molecule has 0 aliphatic heterocycles. The molecule has 0 bridgehead atoms. The molecule has 0 aliphatic rings. The number of nitrogen functional groups attached to an aromatic ring is 1. The molecule has 1 aromatic carbocycles. The molecule has 1 amide bonds. The Kier molecular flexibility index (Phi) is 2.86. The summed E-state index contributed by atoms with van der Waals surface area (Å²) < 4.78 is 0.687. The largest absolute Gasteiger partial charge is 0.398 e. The van der Waals surface area contributed by atoms with Crippen molar-refractivity contribution in [3.63, 3.8) is 0 Å². The Bertz CT molecular complexity index is 341. The van der Waals surface area contributed by atoms with E-state index in [1.807, 2.05) is 0 Å². The van der Waals surface area contributed by atoms with E-state index in [9.17, 15) is 4.79 Å².